The number of carbonyl (C=O) groups is 4. The van der Waals surface area contributed by atoms with E-state index in [1.54, 1.807) is 13.8 Å². The van der Waals surface area contributed by atoms with Crippen LogP contribution in [0.1, 0.15) is 33.1 Å². The first kappa shape index (κ1) is 30.8. The lowest BCUT2D eigenvalue weighted by Gasteiger charge is -2.25. The molecule has 0 aliphatic heterocycles. The maximum Gasteiger partial charge on any atom is 0.326 e. The molecule has 14 heteroatoms. The number of hydrogen-bond donors (Lipinski definition) is 8. The van der Waals surface area contributed by atoms with Crippen LogP contribution in [0, 0.1) is 5.92 Å². The number of aliphatic carboxylic acids is 1. The predicted octanol–water partition coefficient (Wildman–Crippen LogP) is -1.75. The van der Waals surface area contributed by atoms with Gasteiger partial charge in [0, 0.05) is 12.3 Å². The van der Waals surface area contributed by atoms with Crippen molar-refractivity contribution in [1.82, 2.24) is 16.0 Å². The molecular formula is C19H37N7O5S2. The summed E-state index contributed by atoms with van der Waals surface area (Å²) in [4.78, 5) is 53.1. The van der Waals surface area contributed by atoms with E-state index in [-0.39, 0.29) is 37.0 Å². The Morgan fingerprint density at radius 1 is 0.970 bits per heavy atom. The van der Waals surface area contributed by atoms with E-state index >= 15 is 0 Å². The number of guanidine groups is 1. The summed E-state index contributed by atoms with van der Waals surface area (Å²) in [5, 5.41) is 16.9. The van der Waals surface area contributed by atoms with Gasteiger partial charge in [-0.05, 0) is 37.2 Å². The normalized spacial score (nSPS) is 14.5. The molecule has 0 bridgehead atoms. The van der Waals surface area contributed by atoms with Crippen LogP contribution < -0.4 is 33.2 Å². The molecule has 0 unspecified atom stereocenters. The molecule has 0 aromatic carbocycles. The first-order valence-corrected chi connectivity index (χ1v) is 12.5. The van der Waals surface area contributed by atoms with Gasteiger partial charge in [-0.1, -0.05) is 13.8 Å². The van der Waals surface area contributed by atoms with E-state index in [4.69, 9.17) is 17.2 Å². The van der Waals surface area contributed by atoms with Gasteiger partial charge in [0.05, 0.1) is 6.04 Å². The summed E-state index contributed by atoms with van der Waals surface area (Å²) < 4.78 is 0. The van der Waals surface area contributed by atoms with Gasteiger partial charge in [-0.3, -0.25) is 19.4 Å². The van der Waals surface area contributed by atoms with Crippen molar-refractivity contribution in [2.24, 2.45) is 28.1 Å². The number of thioether (sulfide) groups is 1. The summed E-state index contributed by atoms with van der Waals surface area (Å²) in [6, 6.07) is -4.02. The van der Waals surface area contributed by atoms with Crippen LogP contribution >= 0.6 is 24.4 Å². The average molecular weight is 508 g/mol. The number of amides is 3. The van der Waals surface area contributed by atoms with Crippen molar-refractivity contribution in [3.05, 3.63) is 0 Å². The Bertz CT molecular complexity index is 689. The Labute approximate surface area is 204 Å². The summed E-state index contributed by atoms with van der Waals surface area (Å²) in [6.45, 7) is 3.79. The first-order chi connectivity index (χ1) is 15.4. The van der Waals surface area contributed by atoms with Gasteiger partial charge in [-0.2, -0.15) is 24.4 Å². The van der Waals surface area contributed by atoms with Crippen LogP contribution in [0.5, 0.6) is 0 Å². The van der Waals surface area contributed by atoms with Crippen LogP contribution in [0.15, 0.2) is 4.99 Å². The molecule has 190 valence electrons. The molecule has 4 atom stereocenters. The monoisotopic (exact) mass is 507 g/mol. The minimum absolute atomic E-state index is 0.0768. The molecule has 0 rings (SSSR count). The summed E-state index contributed by atoms with van der Waals surface area (Å²) in [6.07, 6.45) is 2.61. The Balaban J connectivity index is 5.30. The largest absolute Gasteiger partial charge is 0.480 e. The number of nitrogens with one attached hydrogen (secondary N) is 3. The first-order valence-electron chi connectivity index (χ1n) is 10.5. The number of nitrogens with two attached hydrogens (primary N) is 3. The zero-order chi connectivity index (χ0) is 25.6. The Morgan fingerprint density at radius 2 is 1.52 bits per heavy atom. The van der Waals surface area contributed by atoms with Crippen molar-refractivity contribution < 1.29 is 24.3 Å². The zero-order valence-electron chi connectivity index (χ0n) is 19.2. The third-order valence-corrected chi connectivity index (χ3v) is 5.65. The number of carboxylic acid groups (broad SMARTS) is 1. The predicted molar refractivity (Wildman–Crippen MR) is 133 cm³/mol. The number of aliphatic imine (C=N–C) groups is 1. The van der Waals surface area contributed by atoms with Crippen molar-refractivity contribution in [2.45, 2.75) is 57.3 Å². The smallest absolute Gasteiger partial charge is 0.326 e. The molecule has 0 heterocycles. The molecule has 33 heavy (non-hydrogen) atoms. The second-order valence-corrected chi connectivity index (χ2v) is 9.06. The number of carbonyl (C=O) groups excluding carboxylic acids is 3. The van der Waals surface area contributed by atoms with Gasteiger partial charge in [0.15, 0.2) is 5.96 Å². The van der Waals surface area contributed by atoms with Crippen molar-refractivity contribution in [3.63, 3.8) is 0 Å². The molecule has 3 amide bonds. The molecule has 10 N–H and O–H groups in total. The Kier molecular flexibility index (Phi) is 15.3. The zero-order valence-corrected chi connectivity index (χ0v) is 21.0. The van der Waals surface area contributed by atoms with E-state index in [0.717, 1.165) is 0 Å². The quantitative estimate of drug-likeness (QED) is 0.0513. The van der Waals surface area contributed by atoms with Gasteiger partial charge in [0.25, 0.3) is 0 Å². The topological polar surface area (TPSA) is 215 Å². The third kappa shape index (κ3) is 12.6. The number of hydrogen-bond acceptors (Lipinski definition) is 8. The molecule has 0 aliphatic rings. The molecule has 0 aliphatic carbocycles. The fraction of sp³-hybridized carbons (Fsp3) is 0.737. The molecule has 0 aromatic heterocycles. The SMILES string of the molecule is CSCC[C@H](NC(=O)[C@H](CS)NC(=O)[C@H](CCCN=C(N)N)NC(=O)[C@@H](N)C(C)C)C(=O)O. The maximum absolute atomic E-state index is 12.9. The van der Waals surface area contributed by atoms with Crippen molar-refractivity contribution in [2.75, 3.05) is 24.3 Å². The number of thiol groups is 1. The Morgan fingerprint density at radius 3 is 2.00 bits per heavy atom. The van der Waals surface area contributed by atoms with Crippen LogP contribution in [0.25, 0.3) is 0 Å². The van der Waals surface area contributed by atoms with Gasteiger partial charge in [-0.25, -0.2) is 4.79 Å². The molecule has 0 spiro atoms. The third-order valence-electron chi connectivity index (χ3n) is 4.64. The van der Waals surface area contributed by atoms with Crippen molar-refractivity contribution in [3.8, 4) is 0 Å². The van der Waals surface area contributed by atoms with Crippen LogP contribution in [-0.2, 0) is 19.2 Å². The van der Waals surface area contributed by atoms with Gasteiger partial charge in [0.1, 0.15) is 18.1 Å². The van der Waals surface area contributed by atoms with Gasteiger partial charge >= 0.3 is 5.97 Å². The van der Waals surface area contributed by atoms with E-state index in [2.05, 4.69) is 33.6 Å². The number of rotatable bonds is 16. The van der Waals surface area contributed by atoms with Crippen LogP contribution in [0.4, 0.5) is 0 Å². The molecular weight excluding hydrogens is 470 g/mol. The maximum atomic E-state index is 12.9. The van der Waals surface area contributed by atoms with Crippen molar-refractivity contribution in [1.29, 1.82) is 0 Å². The summed E-state index contributed by atoms with van der Waals surface area (Å²) >= 11 is 5.55. The summed E-state index contributed by atoms with van der Waals surface area (Å²) in [5.74, 6) is -2.79. The Hall–Kier alpha value is -2.19. The second kappa shape index (κ2) is 16.4. The van der Waals surface area contributed by atoms with Gasteiger partial charge in [-0.15, -0.1) is 0 Å². The average Bonchev–Trinajstić information content (AvgIpc) is 2.75. The minimum atomic E-state index is -1.17. The number of carboxylic acids is 1. The molecule has 0 aromatic rings. The van der Waals surface area contributed by atoms with Crippen LogP contribution in [0.2, 0.25) is 0 Å². The van der Waals surface area contributed by atoms with Crippen LogP contribution in [0.3, 0.4) is 0 Å². The van der Waals surface area contributed by atoms with Gasteiger partial charge in [0.2, 0.25) is 17.7 Å². The molecule has 0 saturated heterocycles. The fourth-order valence-corrected chi connectivity index (χ4v) is 3.30. The molecule has 0 radical (unpaired) electrons. The lowest BCUT2D eigenvalue weighted by atomic mass is 10.0. The standard InChI is InChI=1S/C19H37N7O5S2/c1-10(2)14(20)17(29)24-11(5-4-7-23-19(21)22)15(27)26-13(9-32)16(28)25-12(18(30)31)6-8-33-3/h10-14,32H,4-9,20H2,1-3H3,(H,24,29)(H,25,28)(H,26,27)(H,30,31)(H4,21,22,23)/t11-,12-,13-,14-/m0/s1. The van der Waals surface area contributed by atoms with E-state index < -0.39 is 47.9 Å². The summed E-state index contributed by atoms with van der Waals surface area (Å²) in [7, 11) is 0. The van der Waals surface area contributed by atoms with Gasteiger partial charge < -0.3 is 38.3 Å². The molecule has 0 saturated carbocycles. The van der Waals surface area contributed by atoms with E-state index in [9.17, 15) is 24.3 Å². The summed E-state index contributed by atoms with van der Waals surface area (Å²) in [5.41, 5.74) is 16.5. The van der Waals surface area contributed by atoms with E-state index in [1.807, 2.05) is 6.26 Å². The molecule has 0 fully saturated rings. The molecule has 12 nitrogen and oxygen atoms in total. The highest BCUT2D eigenvalue weighted by molar-refractivity contribution is 7.98. The van der Waals surface area contributed by atoms with E-state index in [1.165, 1.54) is 11.8 Å². The lowest BCUT2D eigenvalue weighted by Crippen LogP contribution is -2.58. The highest BCUT2D eigenvalue weighted by atomic mass is 32.2. The van der Waals surface area contributed by atoms with Crippen molar-refractivity contribution >= 4 is 54.0 Å². The fourth-order valence-electron chi connectivity index (χ4n) is 2.57. The number of nitrogens with zero attached hydrogens (tertiary/aromatic N) is 1. The minimum Gasteiger partial charge on any atom is -0.480 e. The highest BCUT2D eigenvalue weighted by Crippen LogP contribution is 2.05. The second-order valence-electron chi connectivity index (χ2n) is 7.70. The van der Waals surface area contributed by atoms with Crippen LogP contribution in [-0.4, -0.2) is 83.2 Å². The lowest BCUT2D eigenvalue weighted by molar-refractivity contribution is -0.142. The van der Waals surface area contributed by atoms with E-state index in [0.29, 0.717) is 12.2 Å². The highest BCUT2D eigenvalue weighted by Gasteiger charge is 2.30.